The molecule has 0 amide bonds. The van der Waals surface area contributed by atoms with E-state index in [1.807, 2.05) is 38.1 Å². The van der Waals surface area contributed by atoms with Gasteiger partial charge in [0.15, 0.2) is 0 Å². The van der Waals surface area contributed by atoms with Crippen LogP contribution >= 0.6 is 11.3 Å². The van der Waals surface area contributed by atoms with Crippen molar-refractivity contribution in [3.63, 3.8) is 0 Å². The Morgan fingerprint density at radius 3 is 2.26 bits per heavy atom. The van der Waals surface area contributed by atoms with Crippen LogP contribution in [0.3, 0.4) is 0 Å². The molecule has 1 N–H and O–H groups in total. The molecular weight excluding hydrogens is 382 g/mol. The van der Waals surface area contributed by atoms with Crippen molar-refractivity contribution in [3.05, 3.63) is 69.9 Å². The molecule has 0 bridgehead atoms. The molecule has 0 spiro atoms. The standard InChI is InChI=1S/C20H19NO4S2/c1-13-9-14(2)11-16(10-13)21-27(23,24)19-17(15-7-5-4-6-8-15)12-26-18(19)20(22)25-3/h4-12,21H,1-3H3. The number of hydrogen-bond acceptors (Lipinski definition) is 5. The number of ether oxygens (including phenoxy) is 1. The van der Waals surface area contributed by atoms with E-state index in [1.165, 1.54) is 7.11 Å². The maximum Gasteiger partial charge on any atom is 0.349 e. The van der Waals surface area contributed by atoms with Gasteiger partial charge in [-0.05, 0) is 42.7 Å². The minimum absolute atomic E-state index is 0.0493. The molecule has 3 rings (SSSR count). The number of aryl methyl sites for hydroxylation is 2. The van der Waals surface area contributed by atoms with Crippen molar-refractivity contribution in [2.75, 3.05) is 11.8 Å². The van der Waals surface area contributed by atoms with Gasteiger partial charge in [0.05, 0.1) is 7.11 Å². The summed E-state index contributed by atoms with van der Waals surface area (Å²) in [5.74, 6) is -0.678. The number of hydrogen-bond donors (Lipinski definition) is 1. The molecule has 1 aromatic heterocycles. The zero-order valence-electron chi connectivity index (χ0n) is 15.1. The van der Waals surface area contributed by atoms with Gasteiger partial charge >= 0.3 is 5.97 Å². The van der Waals surface area contributed by atoms with E-state index in [9.17, 15) is 13.2 Å². The van der Waals surface area contributed by atoms with Crippen LogP contribution in [-0.4, -0.2) is 21.5 Å². The van der Waals surface area contributed by atoms with Gasteiger partial charge in [0.1, 0.15) is 9.77 Å². The molecule has 0 radical (unpaired) electrons. The van der Waals surface area contributed by atoms with Crippen molar-refractivity contribution >= 4 is 33.0 Å². The fourth-order valence-electron chi connectivity index (χ4n) is 2.90. The topological polar surface area (TPSA) is 72.5 Å². The minimum Gasteiger partial charge on any atom is -0.465 e. The average Bonchev–Trinajstić information content (AvgIpc) is 3.06. The Morgan fingerprint density at radius 1 is 1.04 bits per heavy atom. The fourth-order valence-corrected chi connectivity index (χ4v) is 5.66. The van der Waals surface area contributed by atoms with E-state index < -0.39 is 16.0 Å². The molecule has 1 heterocycles. The predicted octanol–water partition coefficient (Wildman–Crippen LogP) is 4.62. The number of carbonyl (C=O) groups is 1. The van der Waals surface area contributed by atoms with Gasteiger partial charge in [-0.3, -0.25) is 4.72 Å². The summed E-state index contributed by atoms with van der Waals surface area (Å²) in [6.07, 6.45) is 0. The molecule has 27 heavy (non-hydrogen) atoms. The van der Waals surface area contributed by atoms with E-state index in [2.05, 4.69) is 4.72 Å². The van der Waals surface area contributed by atoms with Crippen LogP contribution in [0, 0.1) is 13.8 Å². The largest absolute Gasteiger partial charge is 0.465 e. The second-order valence-electron chi connectivity index (χ2n) is 6.15. The van der Waals surface area contributed by atoms with E-state index in [4.69, 9.17) is 4.74 Å². The van der Waals surface area contributed by atoms with Crippen LogP contribution in [0.15, 0.2) is 58.8 Å². The Kier molecular flexibility index (Phi) is 5.34. The highest BCUT2D eigenvalue weighted by Crippen LogP contribution is 2.36. The Bertz CT molecular complexity index is 1070. The molecule has 0 aliphatic rings. The lowest BCUT2D eigenvalue weighted by atomic mass is 10.1. The first-order chi connectivity index (χ1) is 12.8. The summed E-state index contributed by atoms with van der Waals surface area (Å²) in [5.41, 5.74) is 3.51. The number of rotatable bonds is 5. The molecule has 0 atom stereocenters. The van der Waals surface area contributed by atoms with Crippen LogP contribution in [0.2, 0.25) is 0 Å². The van der Waals surface area contributed by atoms with Crippen LogP contribution in [-0.2, 0) is 14.8 Å². The first-order valence-electron chi connectivity index (χ1n) is 8.18. The summed E-state index contributed by atoms with van der Waals surface area (Å²) >= 11 is 1.05. The highest BCUT2D eigenvalue weighted by atomic mass is 32.2. The number of thiophene rings is 1. The smallest absolute Gasteiger partial charge is 0.349 e. The van der Waals surface area contributed by atoms with E-state index in [1.54, 1.807) is 29.6 Å². The number of methoxy groups -OCH3 is 1. The Morgan fingerprint density at radius 2 is 1.67 bits per heavy atom. The lowest BCUT2D eigenvalue weighted by molar-refractivity contribution is 0.0602. The molecule has 3 aromatic rings. The second-order valence-corrected chi connectivity index (χ2v) is 8.65. The van der Waals surface area contributed by atoms with Gasteiger partial charge in [-0.15, -0.1) is 11.3 Å². The van der Waals surface area contributed by atoms with Crippen molar-refractivity contribution < 1.29 is 17.9 Å². The first kappa shape index (κ1) is 19.1. The zero-order valence-corrected chi connectivity index (χ0v) is 16.8. The van der Waals surface area contributed by atoms with Gasteiger partial charge in [0, 0.05) is 16.6 Å². The summed E-state index contributed by atoms with van der Waals surface area (Å²) < 4.78 is 33.8. The average molecular weight is 402 g/mol. The van der Waals surface area contributed by atoms with E-state index in [0.717, 1.165) is 22.5 Å². The summed E-state index contributed by atoms with van der Waals surface area (Å²) in [5, 5.41) is 1.66. The molecule has 0 saturated carbocycles. The first-order valence-corrected chi connectivity index (χ1v) is 10.5. The molecule has 2 aromatic carbocycles. The molecule has 0 aliphatic carbocycles. The van der Waals surface area contributed by atoms with Gasteiger partial charge in [-0.2, -0.15) is 0 Å². The van der Waals surface area contributed by atoms with E-state index in [-0.39, 0.29) is 9.77 Å². The van der Waals surface area contributed by atoms with Crippen molar-refractivity contribution in [1.82, 2.24) is 0 Å². The third-order valence-corrected chi connectivity index (χ3v) is 6.50. The normalized spacial score (nSPS) is 11.2. The van der Waals surface area contributed by atoms with Gasteiger partial charge in [0.25, 0.3) is 10.0 Å². The van der Waals surface area contributed by atoms with E-state index in [0.29, 0.717) is 16.8 Å². The molecule has 0 aliphatic heterocycles. The Balaban J connectivity index is 2.15. The van der Waals surface area contributed by atoms with Crippen molar-refractivity contribution in [1.29, 1.82) is 0 Å². The zero-order chi connectivity index (χ0) is 19.6. The summed E-state index contributed by atoms with van der Waals surface area (Å²) in [7, 11) is -2.77. The third-order valence-electron chi connectivity index (χ3n) is 3.94. The van der Waals surface area contributed by atoms with Gasteiger partial charge in [-0.1, -0.05) is 36.4 Å². The van der Waals surface area contributed by atoms with Crippen LogP contribution < -0.4 is 4.72 Å². The molecular formula is C20H19NO4S2. The number of anilines is 1. The number of sulfonamides is 1. The van der Waals surface area contributed by atoms with Crippen LogP contribution in [0.25, 0.3) is 11.1 Å². The highest BCUT2D eigenvalue weighted by molar-refractivity contribution is 7.93. The maximum atomic E-state index is 13.2. The lowest BCUT2D eigenvalue weighted by Gasteiger charge is -2.12. The quantitative estimate of drug-likeness (QED) is 0.633. The molecule has 5 nitrogen and oxygen atoms in total. The Labute approximate surface area is 162 Å². The predicted molar refractivity (Wildman–Crippen MR) is 108 cm³/mol. The number of esters is 1. The molecule has 0 saturated heterocycles. The van der Waals surface area contributed by atoms with Crippen LogP contribution in [0.1, 0.15) is 20.8 Å². The molecule has 7 heteroatoms. The van der Waals surface area contributed by atoms with E-state index >= 15 is 0 Å². The summed E-state index contributed by atoms with van der Waals surface area (Å²) in [4.78, 5) is 12.2. The van der Waals surface area contributed by atoms with Crippen LogP contribution in [0.4, 0.5) is 5.69 Å². The second kappa shape index (κ2) is 7.54. The summed E-state index contributed by atoms with van der Waals surface area (Å²) in [6, 6.07) is 14.5. The molecule has 0 fully saturated rings. The lowest BCUT2D eigenvalue weighted by Crippen LogP contribution is -2.17. The summed E-state index contributed by atoms with van der Waals surface area (Å²) in [6.45, 7) is 3.79. The van der Waals surface area contributed by atoms with Gasteiger partial charge < -0.3 is 4.74 Å². The third kappa shape index (κ3) is 4.04. The molecule has 140 valence electrons. The molecule has 0 unspecified atom stereocenters. The van der Waals surface area contributed by atoms with Gasteiger partial charge in [-0.25, -0.2) is 13.2 Å². The number of carbonyl (C=O) groups excluding carboxylic acids is 1. The minimum atomic E-state index is -4.01. The number of benzene rings is 2. The highest BCUT2D eigenvalue weighted by Gasteiger charge is 2.30. The van der Waals surface area contributed by atoms with Crippen molar-refractivity contribution in [3.8, 4) is 11.1 Å². The van der Waals surface area contributed by atoms with Crippen molar-refractivity contribution in [2.45, 2.75) is 18.7 Å². The monoisotopic (exact) mass is 401 g/mol. The van der Waals surface area contributed by atoms with Crippen LogP contribution in [0.5, 0.6) is 0 Å². The maximum absolute atomic E-state index is 13.2. The Hall–Kier alpha value is -2.64. The van der Waals surface area contributed by atoms with Gasteiger partial charge in [0.2, 0.25) is 0 Å². The SMILES string of the molecule is COC(=O)c1scc(-c2ccccc2)c1S(=O)(=O)Nc1cc(C)cc(C)c1. The number of nitrogens with one attached hydrogen (secondary N) is 1. The van der Waals surface area contributed by atoms with Crippen molar-refractivity contribution in [2.24, 2.45) is 0 Å². The fraction of sp³-hybridized carbons (Fsp3) is 0.150.